The molecule has 0 saturated carbocycles. The second-order valence-electron chi connectivity index (χ2n) is 12.5. The van der Waals surface area contributed by atoms with E-state index in [1.165, 1.54) is 23.9 Å². The molecule has 0 amide bonds. The van der Waals surface area contributed by atoms with Crippen molar-refractivity contribution in [3.05, 3.63) is 61.7 Å². The first-order chi connectivity index (χ1) is 23.0. The minimum absolute atomic E-state index is 0.0149. The zero-order valence-corrected chi connectivity index (χ0v) is 29.8. The highest BCUT2D eigenvalue weighted by Crippen LogP contribution is 2.38. The molecule has 2 aliphatic rings. The van der Waals surface area contributed by atoms with Crippen LogP contribution in [0.15, 0.2) is 28.2 Å². The molecule has 2 unspecified atom stereocenters. The minimum atomic E-state index is -0.491. The second kappa shape index (κ2) is 16.1. The Morgan fingerprint density at radius 3 is 2.65 bits per heavy atom. The van der Waals surface area contributed by atoms with Crippen molar-refractivity contribution in [2.75, 3.05) is 33.1 Å². The summed E-state index contributed by atoms with van der Waals surface area (Å²) < 4.78 is 27.0. The van der Waals surface area contributed by atoms with Crippen LogP contribution in [0.3, 0.4) is 0 Å². The quantitative estimate of drug-likeness (QED) is 0.161. The number of fused-ring (bicyclic) bond motifs is 1. The van der Waals surface area contributed by atoms with Crippen molar-refractivity contribution in [3.8, 4) is 17.2 Å². The van der Waals surface area contributed by atoms with E-state index in [1.54, 1.807) is 26.2 Å². The maximum absolute atomic E-state index is 14.7. The van der Waals surface area contributed by atoms with Gasteiger partial charge in [-0.2, -0.15) is 5.26 Å². The highest BCUT2D eigenvalue weighted by Gasteiger charge is 2.39. The van der Waals surface area contributed by atoms with E-state index in [2.05, 4.69) is 22.9 Å². The SMILES string of the molecule is C=c1c(CC)c(-c2ccc(F)cc2/C(C#N)=C(/N)SC)c2c(/c1=C(/N=C(\C)OCC1(CO)CCCN1C)NC(CCC)C(C)=O)COC2. The van der Waals surface area contributed by atoms with Gasteiger partial charge in [0, 0.05) is 17.7 Å². The van der Waals surface area contributed by atoms with Crippen LogP contribution in [0.5, 0.6) is 0 Å². The van der Waals surface area contributed by atoms with Gasteiger partial charge < -0.3 is 25.6 Å². The number of nitrogens with zero attached hydrogens (tertiary/aromatic N) is 3. The fraction of sp³-hybridized carbons (Fsp3) is 0.486. The Balaban J connectivity index is 2.02. The molecule has 0 aliphatic carbocycles. The number of aliphatic hydroxyl groups is 1. The lowest BCUT2D eigenvalue weighted by molar-refractivity contribution is -0.118. The predicted molar refractivity (Wildman–Crippen MR) is 191 cm³/mol. The summed E-state index contributed by atoms with van der Waals surface area (Å²) in [5, 5.41) is 25.5. The molecule has 48 heavy (non-hydrogen) atoms. The third-order valence-electron chi connectivity index (χ3n) is 9.55. The number of hydrogen-bond acceptors (Lipinski definition) is 10. The van der Waals surface area contributed by atoms with Gasteiger partial charge in [0.15, 0.2) is 11.7 Å². The number of nitrogens with one attached hydrogen (secondary N) is 1. The van der Waals surface area contributed by atoms with Gasteiger partial charge >= 0.3 is 0 Å². The van der Waals surface area contributed by atoms with Crippen molar-refractivity contribution in [1.82, 2.24) is 10.2 Å². The summed E-state index contributed by atoms with van der Waals surface area (Å²) in [4.78, 5) is 19.9. The highest BCUT2D eigenvalue weighted by molar-refractivity contribution is 8.02. The van der Waals surface area contributed by atoms with Crippen LogP contribution < -0.4 is 21.5 Å². The molecular formula is C37H48FN5O4S. The number of likely N-dealkylation sites (tertiary alicyclic amines) is 1. The second-order valence-corrected chi connectivity index (χ2v) is 13.4. The van der Waals surface area contributed by atoms with Gasteiger partial charge in [-0.05, 0) is 97.6 Å². The molecule has 0 aromatic heterocycles. The number of likely N-dealkylation sites (N-methyl/N-ethyl adjacent to an activating group) is 1. The minimum Gasteiger partial charge on any atom is -0.479 e. The van der Waals surface area contributed by atoms with Gasteiger partial charge in [0.1, 0.15) is 24.3 Å². The van der Waals surface area contributed by atoms with Crippen molar-refractivity contribution >= 4 is 41.4 Å². The van der Waals surface area contributed by atoms with Crippen LogP contribution in [0, 0.1) is 17.1 Å². The Kier molecular flexibility index (Phi) is 12.5. The molecule has 9 nitrogen and oxygen atoms in total. The Hall–Kier alpha value is -3.69. The molecule has 1 fully saturated rings. The average molecular weight is 678 g/mol. The molecular weight excluding hydrogens is 630 g/mol. The topological polar surface area (TPSA) is 133 Å². The predicted octanol–water partition coefficient (Wildman–Crippen LogP) is 4.31. The van der Waals surface area contributed by atoms with E-state index in [1.807, 2.05) is 20.9 Å². The van der Waals surface area contributed by atoms with E-state index in [-0.39, 0.29) is 37.8 Å². The zero-order chi connectivity index (χ0) is 35.2. The van der Waals surface area contributed by atoms with Gasteiger partial charge in [-0.25, -0.2) is 9.38 Å². The maximum atomic E-state index is 14.7. The third kappa shape index (κ3) is 7.47. The number of carbonyl (C=O) groups is 1. The van der Waals surface area contributed by atoms with Crippen LogP contribution >= 0.6 is 11.8 Å². The van der Waals surface area contributed by atoms with Crippen molar-refractivity contribution in [2.24, 2.45) is 10.7 Å². The fourth-order valence-corrected chi connectivity index (χ4v) is 7.11. The molecule has 2 aliphatic heterocycles. The lowest BCUT2D eigenvalue weighted by atomic mass is 9.84. The van der Waals surface area contributed by atoms with Gasteiger partial charge in [-0.15, -0.1) is 11.8 Å². The Bertz CT molecular complexity index is 1770. The van der Waals surface area contributed by atoms with E-state index in [4.69, 9.17) is 20.2 Å². The molecule has 0 spiro atoms. The number of hydrogen-bond donors (Lipinski definition) is 3. The van der Waals surface area contributed by atoms with Crippen molar-refractivity contribution in [3.63, 3.8) is 0 Å². The van der Waals surface area contributed by atoms with Crippen LogP contribution in [0.4, 0.5) is 4.39 Å². The number of aliphatic imine (C=N–C) groups is 1. The standard InChI is InChI=1S/C37H48FN5O4S/c1-8-11-32(23(4)45)42-36(41-24(5)47-21-37(20-44)14-10-15-43(37)6)33-22(3)26(9-2)34(31-19-46-18-30(31)33)27-13-12-25(38)16-28(27)29(17-39)35(40)48-7/h12-13,16,32,42,44H,3,8-11,14-15,18-21,40H2,1-2,4-7H3/b35-29-,36-33-,41-24+. The Morgan fingerprint density at radius 2 is 2.06 bits per heavy atom. The van der Waals surface area contributed by atoms with Crippen LogP contribution in [-0.2, 0) is 33.9 Å². The fourth-order valence-electron chi connectivity index (χ4n) is 6.75. The first-order valence-electron chi connectivity index (χ1n) is 16.5. The number of Topliss-reactive ketones (excluding diaryl/α,β-unsaturated/α-hetero) is 1. The average Bonchev–Trinajstić information content (AvgIpc) is 3.69. The number of rotatable bonds is 13. The number of ketones is 1. The highest BCUT2D eigenvalue weighted by atomic mass is 32.2. The number of halogens is 1. The van der Waals surface area contributed by atoms with Crippen molar-refractivity contribution in [2.45, 2.75) is 84.6 Å². The number of nitrogens with two attached hydrogens (primary N) is 1. The normalized spacial score (nSPS) is 19.8. The number of carbonyl (C=O) groups excluding carboxylic acids is 1. The third-order valence-corrected chi connectivity index (χ3v) is 10.2. The van der Waals surface area contributed by atoms with Crippen LogP contribution in [0.1, 0.15) is 75.6 Å². The molecule has 2 aromatic carbocycles. The molecule has 0 radical (unpaired) electrons. The molecule has 0 bridgehead atoms. The number of ether oxygens (including phenoxy) is 2. The summed E-state index contributed by atoms with van der Waals surface area (Å²) in [5.74, 6) is 0.348. The van der Waals surface area contributed by atoms with Crippen LogP contribution in [0.2, 0.25) is 0 Å². The number of thioether (sulfide) groups is 1. The lowest BCUT2D eigenvalue weighted by Gasteiger charge is -2.33. The van der Waals surface area contributed by atoms with Gasteiger partial charge in [-0.1, -0.05) is 32.9 Å². The molecule has 2 aromatic rings. The molecule has 2 heterocycles. The maximum Gasteiger partial charge on any atom is 0.186 e. The van der Waals surface area contributed by atoms with Gasteiger partial charge in [0.05, 0.1) is 42.0 Å². The smallest absolute Gasteiger partial charge is 0.186 e. The molecule has 4 rings (SSSR count). The first kappa shape index (κ1) is 37.1. The summed E-state index contributed by atoms with van der Waals surface area (Å²) in [6, 6.07) is 6.12. The van der Waals surface area contributed by atoms with Gasteiger partial charge in [0.2, 0.25) is 0 Å². The van der Waals surface area contributed by atoms with E-state index < -0.39 is 17.4 Å². The first-order valence-corrected chi connectivity index (χ1v) is 17.7. The monoisotopic (exact) mass is 677 g/mol. The number of benzene rings is 2. The largest absolute Gasteiger partial charge is 0.479 e. The van der Waals surface area contributed by atoms with Crippen LogP contribution in [-0.4, -0.2) is 66.3 Å². The van der Waals surface area contributed by atoms with Crippen molar-refractivity contribution in [1.29, 1.82) is 5.26 Å². The van der Waals surface area contributed by atoms with Crippen molar-refractivity contribution < 1.29 is 23.8 Å². The number of aliphatic hydroxyl groups excluding tert-OH is 1. The molecule has 11 heteroatoms. The molecule has 258 valence electrons. The lowest BCUT2D eigenvalue weighted by Crippen LogP contribution is -2.49. The summed E-state index contributed by atoms with van der Waals surface area (Å²) >= 11 is 1.23. The summed E-state index contributed by atoms with van der Waals surface area (Å²) in [7, 11) is 1.99. The van der Waals surface area contributed by atoms with E-state index in [9.17, 15) is 19.6 Å². The molecule has 1 saturated heterocycles. The number of nitriles is 1. The summed E-state index contributed by atoms with van der Waals surface area (Å²) in [6.45, 7) is 13.6. The van der Waals surface area contributed by atoms with Gasteiger partial charge in [0.25, 0.3) is 0 Å². The summed E-state index contributed by atoms with van der Waals surface area (Å²) in [5.41, 5.74) is 10.5. The van der Waals surface area contributed by atoms with E-state index in [0.29, 0.717) is 45.9 Å². The number of allylic oxidation sites excluding steroid dienone is 1. The van der Waals surface area contributed by atoms with Gasteiger partial charge in [-0.3, -0.25) is 9.69 Å². The molecule has 4 N–H and O–H groups in total. The van der Waals surface area contributed by atoms with E-state index in [0.717, 1.165) is 53.3 Å². The summed E-state index contributed by atoms with van der Waals surface area (Å²) in [6.07, 6.45) is 5.52. The Morgan fingerprint density at radius 1 is 1.33 bits per heavy atom. The molecule has 2 atom stereocenters. The Labute approximate surface area is 287 Å². The van der Waals surface area contributed by atoms with Crippen LogP contribution in [0.25, 0.3) is 29.1 Å². The van der Waals surface area contributed by atoms with E-state index >= 15 is 0 Å². The zero-order valence-electron chi connectivity index (χ0n) is 29.0.